The van der Waals surface area contributed by atoms with Gasteiger partial charge in [0.1, 0.15) is 0 Å². The van der Waals surface area contributed by atoms with Crippen LogP contribution in [0.1, 0.15) is 10.4 Å². The molecule has 5 nitrogen and oxygen atoms in total. The third kappa shape index (κ3) is 3.43. The van der Waals surface area contributed by atoms with Crippen LogP contribution < -0.4 is 21.9 Å². The first kappa shape index (κ1) is 11.3. The summed E-state index contributed by atoms with van der Waals surface area (Å²) >= 11 is 4.79. The summed E-state index contributed by atoms with van der Waals surface area (Å²) in [5.41, 5.74) is 11.6. The van der Waals surface area contributed by atoms with Gasteiger partial charge in [-0.2, -0.15) is 0 Å². The van der Waals surface area contributed by atoms with E-state index < -0.39 is 0 Å². The van der Waals surface area contributed by atoms with Crippen molar-refractivity contribution in [2.45, 2.75) is 0 Å². The number of hydrazine groups is 1. The molecule has 80 valence electrons. The molecule has 5 N–H and O–H groups in total. The first-order chi connectivity index (χ1) is 7.13. The highest BCUT2D eigenvalue weighted by molar-refractivity contribution is 7.80. The Labute approximate surface area is 93.0 Å². The maximum atomic E-state index is 11.5. The summed E-state index contributed by atoms with van der Waals surface area (Å²) in [5, 5.41) is 3.01. The van der Waals surface area contributed by atoms with Crippen molar-refractivity contribution in [2.24, 2.45) is 0 Å². The number of anilines is 1. The molecule has 1 amide bonds. The molecule has 0 aliphatic carbocycles. The summed E-state index contributed by atoms with van der Waals surface area (Å²) in [7, 11) is 1.66. The number of benzene rings is 1. The van der Waals surface area contributed by atoms with Crippen molar-refractivity contribution in [2.75, 3.05) is 12.8 Å². The van der Waals surface area contributed by atoms with Gasteiger partial charge in [-0.05, 0) is 36.5 Å². The van der Waals surface area contributed by atoms with Crippen LogP contribution in [0.25, 0.3) is 0 Å². The molecule has 0 saturated heterocycles. The average Bonchev–Trinajstić information content (AvgIpc) is 2.26. The number of rotatable bonds is 1. The molecule has 15 heavy (non-hydrogen) atoms. The fourth-order valence-electron chi connectivity index (χ4n) is 0.883. The molecule has 0 aliphatic heterocycles. The summed E-state index contributed by atoms with van der Waals surface area (Å²) < 4.78 is 0. The van der Waals surface area contributed by atoms with E-state index in [0.717, 1.165) is 0 Å². The normalized spacial score (nSPS) is 9.13. The Morgan fingerprint density at radius 2 is 1.87 bits per heavy atom. The largest absolute Gasteiger partial charge is 0.399 e. The molecule has 1 aromatic carbocycles. The van der Waals surface area contributed by atoms with E-state index in [-0.39, 0.29) is 5.91 Å². The van der Waals surface area contributed by atoms with Gasteiger partial charge in [0.05, 0.1) is 0 Å². The average molecular weight is 224 g/mol. The SMILES string of the molecule is CNC(=S)NNC(=O)c1ccc(N)cc1. The first-order valence-electron chi connectivity index (χ1n) is 4.27. The van der Waals surface area contributed by atoms with Gasteiger partial charge in [-0.3, -0.25) is 15.6 Å². The second-order valence-corrected chi connectivity index (χ2v) is 3.19. The van der Waals surface area contributed by atoms with Gasteiger partial charge in [0.25, 0.3) is 5.91 Å². The Hall–Kier alpha value is -1.82. The number of carbonyl (C=O) groups is 1. The highest BCUT2D eigenvalue weighted by atomic mass is 32.1. The minimum atomic E-state index is -0.271. The van der Waals surface area contributed by atoms with Gasteiger partial charge in [-0.25, -0.2) is 0 Å². The van der Waals surface area contributed by atoms with E-state index >= 15 is 0 Å². The van der Waals surface area contributed by atoms with E-state index in [0.29, 0.717) is 16.4 Å². The number of nitrogens with one attached hydrogen (secondary N) is 3. The maximum absolute atomic E-state index is 11.5. The number of thiocarbonyl (C=S) groups is 1. The smallest absolute Gasteiger partial charge is 0.269 e. The minimum Gasteiger partial charge on any atom is -0.399 e. The monoisotopic (exact) mass is 224 g/mol. The molecule has 0 bridgehead atoms. The third-order valence-corrected chi connectivity index (χ3v) is 2.00. The third-order valence-electron chi connectivity index (χ3n) is 1.69. The van der Waals surface area contributed by atoms with E-state index in [1.165, 1.54) is 0 Å². The van der Waals surface area contributed by atoms with Crippen LogP contribution >= 0.6 is 12.2 Å². The minimum absolute atomic E-state index is 0.271. The Morgan fingerprint density at radius 1 is 1.27 bits per heavy atom. The van der Waals surface area contributed by atoms with E-state index in [2.05, 4.69) is 16.2 Å². The van der Waals surface area contributed by atoms with Gasteiger partial charge in [-0.15, -0.1) is 0 Å². The molecule has 0 fully saturated rings. The molecular formula is C9H12N4OS. The lowest BCUT2D eigenvalue weighted by Crippen LogP contribution is -2.45. The fourth-order valence-corrected chi connectivity index (χ4v) is 0.934. The number of carbonyl (C=O) groups excluding carboxylic acids is 1. The Morgan fingerprint density at radius 3 is 2.40 bits per heavy atom. The van der Waals surface area contributed by atoms with Crippen molar-refractivity contribution >= 4 is 28.9 Å². The van der Waals surface area contributed by atoms with Gasteiger partial charge < -0.3 is 11.1 Å². The van der Waals surface area contributed by atoms with E-state index in [4.69, 9.17) is 18.0 Å². The molecular weight excluding hydrogens is 212 g/mol. The molecule has 0 atom stereocenters. The molecule has 1 rings (SSSR count). The van der Waals surface area contributed by atoms with Crippen molar-refractivity contribution in [3.05, 3.63) is 29.8 Å². The van der Waals surface area contributed by atoms with Crippen LogP contribution in [-0.4, -0.2) is 18.1 Å². The van der Waals surface area contributed by atoms with Gasteiger partial charge in [-0.1, -0.05) is 0 Å². The number of amides is 1. The molecule has 1 aromatic rings. The molecule has 0 aliphatic rings. The van der Waals surface area contributed by atoms with Gasteiger partial charge >= 0.3 is 0 Å². The fraction of sp³-hybridized carbons (Fsp3) is 0.111. The zero-order valence-electron chi connectivity index (χ0n) is 8.20. The van der Waals surface area contributed by atoms with Crippen molar-refractivity contribution in [1.29, 1.82) is 0 Å². The zero-order chi connectivity index (χ0) is 11.3. The topological polar surface area (TPSA) is 79.2 Å². The summed E-state index contributed by atoms with van der Waals surface area (Å²) in [6.45, 7) is 0. The predicted octanol–water partition coefficient (Wildman–Crippen LogP) is 0.00750. The van der Waals surface area contributed by atoms with Gasteiger partial charge in [0.2, 0.25) is 0 Å². The highest BCUT2D eigenvalue weighted by Gasteiger charge is 2.03. The summed E-state index contributed by atoms with van der Waals surface area (Å²) in [6, 6.07) is 6.58. The molecule has 0 aromatic heterocycles. The molecule has 0 heterocycles. The summed E-state index contributed by atoms with van der Waals surface area (Å²) in [5.74, 6) is -0.271. The molecule has 0 spiro atoms. The highest BCUT2D eigenvalue weighted by Crippen LogP contribution is 2.04. The summed E-state index contributed by atoms with van der Waals surface area (Å²) in [4.78, 5) is 11.5. The van der Waals surface area contributed by atoms with Crippen LogP contribution in [-0.2, 0) is 0 Å². The lowest BCUT2D eigenvalue weighted by Gasteiger charge is -2.08. The number of nitrogens with two attached hydrogens (primary N) is 1. The predicted molar refractivity (Wildman–Crippen MR) is 63.1 cm³/mol. The van der Waals surface area contributed by atoms with Crippen molar-refractivity contribution < 1.29 is 4.79 Å². The van der Waals surface area contributed by atoms with E-state index in [9.17, 15) is 4.79 Å². The molecule has 0 radical (unpaired) electrons. The Bertz CT molecular complexity index is 363. The van der Waals surface area contributed by atoms with Crippen molar-refractivity contribution in [1.82, 2.24) is 16.2 Å². The maximum Gasteiger partial charge on any atom is 0.269 e. The van der Waals surface area contributed by atoms with Crippen LogP contribution in [0.4, 0.5) is 5.69 Å². The Kier molecular flexibility index (Phi) is 3.87. The second-order valence-electron chi connectivity index (χ2n) is 2.78. The van der Waals surface area contributed by atoms with Gasteiger partial charge in [0.15, 0.2) is 5.11 Å². The van der Waals surface area contributed by atoms with Crippen molar-refractivity contribution in [3.63, 3.8) is 0 Å². The quantitative estimate of drug-likeness (QED) is 0.307. The molecule has 0 unspecified atom stereocenters. The summed E-state index contributed by atoms with van der Waals surface area (Å²) in [6.07, 6.45) is 0. The van der Waals surface area contributed by atoms with E-state index in [1.807, 2.05) is 0 Å². The second kappa shape index (κ2) is 5.16. The number of hydrogen-bond acceptors (Lipinski definition) is 3. The zero-order valence-corrected chi connectivity index (χ0v) is 9.02. The van der Waals surface area contributed by atoms with Crippen LogP contribution in [0.5, 0.6) is 0 Å². The molecule has 6 heteroatoms. The van der Waals surface area contributed by atoms with E-state index in [1.54, 1.807) is 31.3 Å². The standard InChI is InChI=1S/C9H12N4OS/c1-11-9(15)13-12-8(14)6-2-4-7(10)5-3-6/h2-5H,10H2,1H3,(H,12,14)(H2,11,13,15). The first-order valence-corrected chi connectivity index (χ1v) is 4.68. The van der Waals surface area contributed by atoms with Crippen LogP contribution in [0.2, 0.25) is 0 Å². The van der Waals surface area contributed by atoms with Crippen LogP contribution in [0.3, 0.4) is 0 Å². The lowest BCUT2D eigenvalue weighted by molar-refractivity contribution is 0.0944. The number of nitrogen functional groups attached to an aromatic ring is 1. The molecule has 0 saturated carbocycles. The Balaban J connectivity index is 2.54. The van der Waals surface area contributed by atoms with Crippen molar-refractivity contribution in [3.8, 4) is 0 Å². The lowest BCUT2D eigenvalue weighted by atomic mass is 10.2. The number of hydrogen-bond donors (Lipinski definition) is 4. The van der Waals surface area contributed by atoms with Crippen LogP contribution in [0.15, 0.2) is 24.3 Å². The van der Waals surface area contributed by atoms with Gasteiger partial charge in [0, 0.05) is 18.3 Å². The van der Waals surface area contributed by atoms with Crippen LogP contribution in [0, 0.1) is 0 Å².